The van der Waals surface area contributed by atoms with Gasteiger partial charge in [0.15, 0.2) is 0 Å². The topological polar surface area (TPSA) is 70.5 Å². The molecule has 0 radical (unpaired) electrons. The third-order valence-electron chi connectivity index (χ3n) is 3.76. The highest BCUT2D eigenvalue weighted by Crippen LogP contribution is 2.28. The first-order valence-corrected chi connectivity index (χ1v) is 8.99. The monoisotopic (exact) mass is 382 g/mol. The van der Waals surface area contributed by atoms with Crippen LogP contribution in [0.4, 0.5) is 0 Å². The molecule has 138 valence electrons. The molecule has 0 saturated heterocycles. The first kappa shape index (κ1) is 18.6. The fourth-order valence-electron chi connectivity index (χ4n) is 2.48. The second-order valence-corrected chi connectivity index (χ2v) is 6.26. The summed E-state index contributed by atoms with van der Waals surface area (Å²) < 4.78 is 15.7. The molecule has 2 heterocycles. The van der Waals surface area contributed by atoms with Crippen molar-refractivity contribution in [2.24, 2.45) is 0 Å². The SMILES string of the molecule is CO/C=C(/C(=O)OC)c1ccccc1COc1nc(-c2ccncc2)cs1. The number of thiazole rings is 1. The van der Waals surface area contributed by atoms with E-state index < -0.39 is 5.97 Å². The molecule has 3 aromatic rings. The lowest BCUT2D eigenvalue weighted by molar-refractivity contribution is -0.133. The molecule has 0 saturated carbocycles. The van der Waals surface area contributed by atoms with Gasteiger partial charge in [0, 0.05) is 23.3 Å². The smallest absolute Gasteiger partial charge is 0.341 e. The number of ether oxygens (including phenoxy) is 3. The van der Waals surface area contributed by atoms with Crippen molar-refractivity contribution < 1.29 is 19.0 Å². The highest BCUT2D eigenvalue weighted by Gasteiger charge is 2.17. The molecule has 1 aromatic carbocycles. The molecule has 0 amide bonds. The summed E-state index contributed by atoms with van der Waals surface area (Å²) in [5.41, 5.74) is 3.66. The molecular formula is C20H18N2O4S. The fraction of sp³-hybridized carbons (Fsp3) is 0.150. The largest absolute Gasteiger partial charge is 0.503 e. The Morgan fingerprint density at radius 3 is 2.67 bits per heavy atom. The summed E-state index contributed by atoms with van der Waals surface area (Å²) in [5, 5.41) is 2.48. The van der Waals surface area contributed by atoms with E-state index in [4.69, 9.17) is 14.2 Å². The summed E-state index contributed by atoms with van der Waals surface area (Å²) in [6.45, 7) is 0.261. The number of carbonyl (C=O) groups is 1. The van der Waals surface area contributed by atoms with Crippen molar-refractivity contribution in [2.75, 3.05) is 14.2 Å². The second kappa shape index (κ2) is 8.95. The van der Waals surface area contributed by atoms with Gasteiger partial charge in [-0.15, -0.1) is 0 Å². The van der Waals surface area contributed by atoms with E-state index in [9.17, 15) is 4.79 Å². The Balaban J connectivity index is 1.78. The summed E-state index contributed by atoms with van der Waals surface area (Å²) in [4.78, 5) is 20.6. The van der Waals surface area contributed by atoms with Crippen LogP contribution in [0.15, 0.2) is 60.4 Å². The van der Waals surface area contributed by atoms with Crippen LogP contribution in [0, 0.1) is 0 Å². The molecule has 0 bridgehead atoms. The molecule has 0 aliphatic heterocycles. The minimum atomic E-state index is -0.474. The number of carbonyl (C=O) groups excluding carboxylic acids is 1. The maximum atomic E-state index is 12.1. The Kier molecular flexibility index (Phi) is 6.17. The highest BCUT2D eigenvalue weighted by atomic mass is 32.1. The van der Waals surface area contributed by atoms with Gasteiger partial charge >= 0.3 is 5.97 Å². The number of hydrogen-bond donors (Lipinski definition) is 0. The molecule has 6 nitrogen and oxygen atoms in total. The van der Waals surface area contributed by atoms with Crippen molar-refractivity contribution in [3.63, 3.8) is 0 Å². The van der Waals surface area contributed by atoms with Gasteiger partial charge in [0.1, 0.15) is 12.2 Å². The zero-order valence-electron chi connectivity index (χ0n) is 14.9. The van der Waals surface area contributed by atoms with Crippen molar-refractivity contribution in [3.05, 3.63) is 71.6 Å². The third-order valence-corrected chi connectivity index (χ3v) is 4.51. The predicted molar refractivity (Wildman–Crippen MR) is 103 cm³/mol. The number of nitrogens with zero attached hydrogens (tertiary/aromatic N) is 2. The zero-order valence-corrected chi connectivity index (χ0v) is 15.7. The summed E-state index contributed by atoms with van der Waals surface area (Å²) >= 11 is 1.41. The average Bonchev–Trinajstić information content (AvgIpc) is 3.20. The summed E-state index contributed by atoms with van der Waals surface area (Å²) in [5.74, 6) is -0.474. The van der Waals surface area contributed by atoms with Gasteiger partial charge in [-0.3, -0.25) is 4.98 Å². The minimum absolute atomic E-state index is 0.261. The first-order chi connectivity index (χ1) is 13.2. The van der Waals surface area contributed by atoms with Gasteiger partial charge in [0.2, 0.25) is 0 Å². The third kappa shape index (κ3) is 4.51. The van der Waals surface area contributed by atoms with E-state index in [-0.39, 0.29) is 6.61 Å². The van der Waals surface area contributed by atoms with Crippen molar-refractivity contribution in [3.8, 4) is 16.5 Å². The number of aromatic nitrogens is 2. The van der Waals surface area contributed by atoms with Gasteiger partial charge in [0.25, 0.3) is 5.19 Å². The lowest BCUT2D eigenvalue weighted by Gasteiger charge is -2.11. The molecule has 0 fully saturated rings. The van der Waals surface area contributed by atoms with E-state index >= 15 is 0 Å². The standard InChI is InChI=1S/C20H18N2O4S/c1-24-12-17(19(23)25-2)16-6-4-3-5-15(16)11-26-20-22-18(13-27-20)14-7-9-21-10-8-14/h3-10,12-13H,11H2,1-2H3/b17-12+. The number of benzene rings is 1. The lowest BCUT2D eigenvalue weighted by atomic mass is 10.0. The Morgan fingerprint density at radius 1 is 1.15 bits per heavy atom. The van der Waals surface area contributed by atoms with Gasteiger partial charge in [0.05, 0.1) is 26.2 Å². The fourth-order valence-corrected chi connectivity index (χ4v) is 3.16. The van der Waals surface area contributed by atoms with Crippen LogP contribution in [0.2, 0.25) is 0 Å². The number of hydrogen-bond acceptors (Lipinski definition) is 7. The lowest BCUT2D eigenvalue weighted by Crippen LogP contribution is -2.08. The number of rotatable bonds is 7. The molecule has 7 heteroatoms. The van der Waals surface area contributed by atoms with E-state index in [1.54, 1.807) is 12.4 Å². The maximum absolute atomic E-state index is 12.1. The summed E-state index contributed by atoms with van der Waals surface area (Å²) in [7, 11) is 2.82. The van der Waals surface area contributed by atoms with Crippen molar-refractivity contribution >= 4 is 22.9 Å². The van der Waals surface area contributed by atoms with Crippen LogP contribution in [0.5, 0.6) is 5.19 Å². The van der Waals surface area contributed by atoms with E-state index in [0.717, 1.165) is 16.8 Å². The molecular weight excluding hydrogens is 364 g/mol. The van der Waals surface area contributed by atoms with Gasteiger partial charge in [-0.1, -0.05) is 35.6 Å². The van der Waals surface area contributed by atoms with Crippen LogP contribution in [0.1, 0.15) is 11.1 Å². The van der Waals surface area contributed by atoms with E-state index in [1.165, 1.54) is 31.8 Å². The Morgan fingerprint density at radius 2 is 1.93 bits per heavy atom. The van der Waals surface area contributed by atoms with Crippen LogP contribution >= 0.6 is 11.3 Å². The Hall–Kier alpha value is -3.19. The molecule has 0 N–H and O–H groups in total. The molecule has 2 aromatic heterocycles. The van der Waals surface area contributed by atoms with Crippen molar-refractivity contribution in [1.29, 1.82) is 0 Å². The Labute approximate surface area is 161 Å². The molecule has 0 atom stereocenters. The molecule has 0 aliphatic rings. The molecule has 0 spiro atoms. The van der Waals surface area contributed by atoms with Gasteiger partial charge < -0.3 is 14.2 Å². The van der Waals surface area contributed by atoms with Crippen LogP contribution in [0.3, 0.4) is 0 Å². The maximum Gasteiger partial charge on any atom is 0.341 e. The molecule has 0 unspecified atom stereocenters. The van der Waals surface area contributed by atoms with Crippen LogP contribution in [-0.2, 0) is 20.9 Å². The summed E-state index contributed by atoms with van der Waals surface area (Å²) in [6, 6.07) is 11.2. The highest BCUT2D eigenvalue weighted by molar-refractivity contribution is 7.11. The van der Waals surface area contributed by atoms with Gasteiger partial charge in [-0.05, 0) is 23.3 Å². The second-order valence-electron chi connectivity index (χ2n) is 5.44. The first-order valence-electron chi connectivity index (χ1n) is 8.11. The molecule has 27 heavy (non-hydrogen) atoms. The predicted octanol–water partition coefficient (Wildman–Crippen LogP) is 3.94. The number of pyridine rings is 1. The van der Waals surface area contributed by atoms with E-state index in [2.05, 4.69) is 9.97 Å². The number of methoxy groups -OCH3 is 2. The quantitative estimate of drug-likeness (QED) is 0.350. The van der Waals surface area contributed by atoms with Crippen molar-refractivity contribution in [2.45, 2.75) is 6.61 Å². The average molecular weight is 382 g/mol. The van der Waals surface area contributed by atoms with Crippen LogP contribution < -0.4 is 4.74 Å². The van der Waals surface area contributed by atoms with E-state index in [0.29, 0.717) is 16.3 Å². The van der Waals surface area contributed by atoms with E-state index in [1.807, 2.05) is 41.8 Å². The van der Waals surface area contributed by atoms with Crippen molar-refractivity contribution in [1.82, 2.24) is 9.97 Å². The van der Waals surface area contributed by atoms with Crippen LogP contribution in [0.25, 0.3) is 16.8 Å². The minimum Gasteiger partial charge on any atom is -0.503 e. The molecule has 0 aliphatic carbocycles. The number of esters is 1. The molecule has 3 rings (SSSR count). The zero-order chi connectivity index (χ0) is 19.1. The normalized spacial score (nSPS) is 11.1. The van der Waals surface area contributed by atoms with Gasteiger partial charge in [-0.25, -0.2) is 9.78 Å². The van der Waals surface area contributed by atoms with Gasteiger partial charge in [-0.2, -0.15) is 0 Å². The Bertz CT molecular complexity index is 938. The summed E-state index contributed by atoms with van der Waals surface area (Å²) in [6.07, 6.45) is 4.82. The van der Waals surface area contributed by atoms with Crippen LogP contribution in [-0.4, -0.2) is 30.2 Å².